The first kappa shape index (κ1) is 29.4. The summed E-state index contributed by atoms with van der Waals surface area (Å²) in [5, 5.41) is 5.20. The van der Waals surface area contributed by atoms with Gasteiger partial charge in [-0.3, -0.25) is 4.79 Å². The summed E-state index contributed by atoms with van der Waals surface area (Å²) in [4.78, 5) is 29.1. The van der Waals surface area contributed by atoms with Gasteiger partial charge < -0.3 is 14.5 Å². The number of hydrazone groups is 1. The predicted molar refractivity (Wildman–Crippen MR) is 158 cm³/mol. The summed E-state index contributed by atoms with van der Waals surface area (Å²) in [7, 11) is 0. The standard InChI is InChI=1S/C32H23ClF3N3O4/c1-2-42-22-14-15-26-24(17-22)28(23-11-4-5-12-25(23)33)29(38-26)30(40)39-37-18-20-8-3-6-13-27(20)43-31(41)19-9-7-10-21(16-19)32(34,35)36/h3-18,38H,2H2,1H3,(H,39,40). The summed E-state index contributed by atoms with van der Waals surface area (Å²) >= 11 is 6.51. The number of carbonyl (C=O) groups excluding carboxylic acids is 2. The summed E-state index contributed by atoms with van der Waals surface area (Å²) in [5.74, 6) is -0.888. The van der Waals surface area contributed by atoms with Crippen molar-refractivity contribution in [2.45, 2.75) is 13.1 Å². The van der Waals surface area contributed by atoms with Gasteiger partial charge in [-0.2, -0.15) is 18.3 Å². The van der Waals surface area contributed by atoms with Gasteiger partial charge in [0.2, 0.25) is 0 Å². The maximum Gasteiger partial charge on any atom is 0.416 e. The number of rotatable bonds is 8. The van der Waals surface area contributed by atoms with Crippen LogP contribution in [0.1, 0.15) is 38.9 Å². The lowest BCUT2D eigenvalue weighted by Crippen LogP contribution is -2.19. The Morgan fingerprint density at radius 3 is 2.51 bits per heavy atom. The molecule has 0 saturated heterocycles. The molecule has 0 atom stereocenters. The fourth-order valence-electron chi connectivity index (χ4n) is 4.42. The molecule has 0 bridgehead atoms. The zero-order chi connectivity index (χ0) is 30.6. The Balaban J connectivity index is 1.40. The Morgan fingerprint density at radius 1 is 0.977 bits per heavy atom. The maximum atomic E-state index is 13.4. The molecule has 5 rings (SSSR count). The number of alkyl halides is 3. The first-order valence-electron chi connectivity index (χ1n) is 13.0. The van der Waals surface area contributed by atoms with E-state index >= 15 is 0 Å². The molecule has 0 saturated carbocycles. The van der Waals surface area contributed by atoms with E-state index in [1.165, 1.54) is 18.3 Å². The van der Waals surface area contributed by atoms with Crippen LogP contribution in [-0.4, -0.2) is 29.7 Å². The van der Waals surface area contributed by atoms with Crippen LogP contribution in [0.25, 0.3) is 22.0 Å². The fraction of sp³-hybridized carbons (Fsp3) is 0.0938. The van der Waals surface area contributed by atoms with Crippen molar-refractivity contribution < 1.29 is 32.2 Å². The van der Waals surface area contributed by atoms with Gasteiger partial charge in [0.15, 0.2) is 0 Å². The minimum absolute atomic E-state index is 0.0359. The Hall–Kier alpha value is -5.09. The van der Waals surface area contributed by atoms with Crippen molar-refractivity contribution in [1.82, 2.24) is 10.4 Å². The predicted octanol–water partition coefficient (Wildman–Crippen LogP) is 7.89. The summed E-state index contributed by atoms with van der Waals surface area (Å²) in [6.07, 6.45) is -3.35. The van der Waals surface area contributed by atoms with E-state index in [4.69, 9.17) is 21.1 Å². The molecule has 1 aromatic heterocycles. The molecule has 43 heavy (non-hydrogen) atoms. The number of amides is 1. The van der Waals surface area contributed by atoms with Crippen LogP contribution in [0.3, 0.4) is 0 Å². The lowest BCUT2D eigenvalue weighted by atomic mass is 10.0. The molecule has 0 aliphatic carbocycles. The van der Waals surface area contributed by atoms with Crippen molar-refractivity contribution in [2.75, 3.05) is 6.61 Å². The van der Waals surface area contributed by atoms with Crippen LogP contribution in [0.15, 0.2) is 96.1 Å². The van der Waals surface area contributed by atoms with Crippen molar-refractivity contribution in [3.05, 3.63) is 118 Å². The number of fused-ring (bicyclic) bond motifs is 1. The second kappa shape index (κ2) is 12.4. The number of aromatic nitrogens is 1. The largest absolute Gasteiger partial charge is 0.494 e. The van der Waals surface area contributed by atoms with Gasteiger partial charge in [-0.1, -0.05) is 48.0 Å². The van der Waals surface area contributed by atoms with Crippen LogP contribution in [0.2, 0.25) is 5.02 Å². The highest BCUT2D eigenvalue weighted by Crippen LogP contribution is 2.38. The molecule has 5 aromatic rings. The van der Waals surface area contributed by atoms with Crippen LogP contribution < -0.4 is 14.9 Å². The van der Waals surface area contributed by atoms with Gasteiger partial charge >= 0.3 is 12.1 Å². The topological polar surface area (TPSA) is 92.8 Å². The summed E-state index contributed by atoms with van der Waals surface area (Å²) in [5.41, 5.74) is 3.61. The van der Waals surface area contributed by atoms with Gasteiger partial charge in [-0.15, -0.1) is 0 Å². The summed E-state index contributed by atoms with van der Waals surface area (Å²) < 4.78 is 50.3. The normalized spacial score (nSPS) is 11.6. The molecule has 0 aliphatic heterocycles. The van der Waals surface area contributed by atoms with Crippen LogP contribution in [-0.2, 0) is 6.18 Å². The molecule has 0 spiro atoms. The number of ether oxygens (including phenoxy) is 2. The lowest BCUT2D eigenvalue weighted by molar-refractivity contribution is -0.137. The number of hydrogen-bond donors (Lipinski definition) is 2. The van der Waals surface area contributed by atoms with Crippen molar-refractivity contribution >= 4 is 40.6 Å². The molecule has 1 heterocycles. The van der Waals surface area contributed by atoms with E-state index in [1.807, 2.05) is 19.1 Å². The summed E-state index contributed by atoms with van der Waals surface area (Å²) in [6.45, 7) is 2.34. The van der Waals surface area contributed by atoms with Crippen LogP contribution in [0, 0.1) is 0 Å². The Labute approximate surface area is 248 Å². The second-order valence-corrected chi connectivity index (χ2v) is 9.61. The zero-order valence-corrected chi connectivity index (χ0v) is 23.3. The first-order valence-corrected chi connectivity index (χ1v) is 13.4. The average Bonchev–Trinajstić information content (AvgIpc) is 3.37. The van der Waals surface area contributed by atoms with Crippen molar-refractivity contribution in [3.8, 4) is 22.6 Å². The van der Waals surface area contributed by atoms with Gasteiger partial charge in [0.25, 0.3) is 5.91 Å². The van der Waals surface area contributed by atoms with E-state index < -0.39 is 23.6 Å². The van der Waals surface area contributed by atoms with Crippen LogP contribution >= 0.6 is 11.6 Å². The number of halogens is 4. The van der Waals surface area contributed by atoms with Crippen molar-refractivity contribution in [1.29, 1.82) is 0 Å². The molecular weight excluding hydrogens is 583 g/mol. The van der Waals surface area contributed by atoms with E-state index in [9.17, 15) is 22.8 Å². The number of nitrogens with one attached hydrogen (secondary N) is 2. The monoisotopic (exact) mass is 605 g/mol. The Bertz CT molecular complexity index is 1850. The third-order valence-electron chi connectivity index (χ3n) is 6.37. The summed E-state index contributed by atoms with van der Waals surface area (Å²) in [6, 6.07) is 22.7. The second-order valence-electron chi connectivity index (χ2n) is 9.20. The first-order chi connectivity index (χ1) is 20.7. The molecule has 0 unspecified atom stereocenters. The van der Waals surface area contributed by atoms with Gasteiger partial charge in [0.05, 0.1) is 23.9 Å². The molecule has 0 aliphatic rings. The van der Waals surface area contributed by atoms with E-state index in [-0.39, 0.29) is 17.0 Å². The molecule has 11 heteroatoms. The Morgan fingerprint density at radius 2 is 1.74 bits per heavy atom. The van der Waals surface area contributed by atoms with E-state index in [0.717, 1.165) is 17.5 Å². The minimum Gasteiger partial charge on any atom is -0.494 e. The number of aromatic amines is 1. The molecular formula is C32H23ClF3N3O4. The highest BCUT2D eigenvalue weighted by Gasteiger charge is 2.31. The molecule has 7 nitrogen and oxygen atoms in total. The lowest BCUT2D eigenvalue weighted by Gasteiger charge is -2.10. The van der Waals surface area contributed by atoms with Gasteiger partial charge in [-0.25, -0.2) is 10.2 Å². The third-order valence-corrected chi connectivity index (χ3v) is 6.70. The van der Waals surface area contributed by atoms with Crippen molar-refractivity contribution in [3.63, 3.8) is 0 Å². The van der Waals surface area contributed by atoms with Gasteiger partial charge in [0.1, 0.15) is 17.2 Å². The number of H-pyrrole nitrogens is 1. The molecule has 2 N–H and O–H groups in total. The number of hydrogen-bond acceptors (Lipinski definition) is 5. The van der Waals surface area contributed by atoms with Gasteiger partial charge in [-0.05, 0) is 61.5 Å². The highest BCUT2D eigenvalue weighted by atomic mass is 35.5. The van der Waals surface area contributed by atoms with E-state index in [2.05, 4.69) is 15.5 Å². The number of carbonyl (C=O) groups is 2. The van der Waals surface area contributed by atoms with E-state index in [0.29, 0.717) is 45.7 Å². The van der Waals surface area contributed by atoms with Crippen LogP contribution in [0.4, 0.5) is 13.2 Å². The molecule has 1 amide bonds. The number of esters is 1. The quantitative estimate of drug-likeness (QED) is 0.0814. The SMILES string of the molecule is CCOc1ccc2[nH]c(C(=O)NN=Cc3ccccc3OC(=O)c3cccc(C(F)(F)F)c3)c(-c3ccccc3Cl)c2c1. The molecule has 4 aromatic carbocycles. The number of nitrogens with zero attached hydrogens (tertiary/aromatic N) is 1. The molecule has 218 valence electrons. The van der Waals surface area contributed by atoms with Crippen LogP contribution in [0.5, 0.6) is 11.5 Å². The van der Waals surface area contributed by atoms with E-state index in [1.54, 1.807) is 48.5 Å². The molecule has 0 radical (unpaired) electrons. The van der Waals surface area contributed by atoms with Gasteiger partial charge in [0, 0.05) is 32.6 Å². The minimum atomic E-state index is -4.61. The molecule has 0 fully saturated rings. The van der Waals surface area contributed by atoms with Crippen molar-refractivity contribution in [2.24, 2.45) is 5.10 Å². The highest BCUT2D eigenvalue weighted by molar-refractivity contribution is 6.34. The number of para-hydroxylation sites is 1. The maximum absolute atomic E-state index is 13.4. The average molecular weight is 606 g/mol. The zero-order valence-electron chi connectivity index (χ0n) is 22.5. The fourth-order valence-corrected chi connectivity index (χ4v) is 4.65. The number of benzene rings is 4. The third kappa shape index (κ3) is 6.54. The smallest absolute Gasteiger partial charge is 0.416 e. The Kier molecular flexibility index (Phi) is 8.49.